The number of ether oxygens (including phenoxy) is 3. The van der Waals surface area contributed by atoms with Crippen LogP contribution in [0, 0.1) is 10.1 Å². The van der Waals surface area contributed by atoms with Crippen LogP contribution >= 0.6 is 11.6 Å². The zero-order chi connectivity index (χ0) is 26.9. The van der Waals surface area contributed by atoms with Gasteiger partial charge in [0.2, 0.25) is 0 Å². The molecular formula is C27H27ClN2O7. The molecule has 9 nitrogen and oxygen atoms in total. The highest BCUT2D eigenvalue weighted by atomic mass is 35.5. The zero-order valence-corrected chi connectivity index (χ0v) is 21.7. The normalized spacial score (nSPS) is 19.2. The monoisotopic (exact) mass is 526 g/mol. The Kier molecular flexibility index (Phi) is 7.54. The maximum absolute atomic E-state index is 13.7. The Hall–Kier alpha value is -3.85. The molecule has 0 spiro atoms. The Balaban J connectivity index is 1.82. The minimum Gasteiger partial charge on any atom is -0.493 e. The van der Waals surface area contributed by atoms with E-state index in [0.29, 0.717) is 40.5 Å². The van der Waals surface area contributed by atoms with Crippen molar-refractivity contribution >= 4 is 29.0 Å². The van der Waals surface area contributed by atoms with Gasteiger partial charge in [0.1, 0.15) is 5.02 Å². The van der Waals surface area contributed by atoms with Gasteiger partial charge in [-0.1, -0.05) is 23.7 Å². The number of benzene rings is 2. The number of methoxy groups -OCH3 is 2. The van der Waals surface area contributed by atoms with Gasteiger partial charge in [-0.15, -0.1) is 0 Å². The molecule has 1 aliphatic carbocycles. The molecule has 1 aliphatic heterocycles. The number of nitrogens with zero attached hydrogens (tertiary/aromatic N) is 1. The molecule has 0 amide bonds. The van der Waals surface area contributed by atoms with Crippen molar-refractivity contribution in [2.75, 3.05) is 20.8 Å². The Morgan fingerprint density at radius 3 is 2.46 bits per heavy atom. The van der Waals surface area contributed by atoms with Gasteiger partial charge < -0.3 is 19.5 Å². The lowest BCUT2D eigenvalue weighted by Crippen LogP contribution is -2.36. The minimum atomic E-state index is -0.829. The Labute approximate surface area is 219 Å². The topological polar surface area (TPSA) is 117 Å². The fourth-order valence-electron chi connectivity index (χ4n) is 5.04. The van der Waals surface area contributed by atoms with Crippen molar-refractivity contribution in [2.24, 2.45) is 0 Å². The highest BCUT2D eigenvalue weighted by Gasteiger charge is 2.42. The van der Waals surface area contributed by atoms with Crippen LogP contribution in [0.4, 0.5) is 5.69 Å². The number of nitro benzene ring substituents is 1. The highest BCUT2D eigenvalue weighted by Crippen LogP contribution is 2.47. The van der Waals surface area contributed by atoms with Crippen LogP contribution in [0.5, 0.6) is 11.5 Å². The van der Waals surface area contributed by atoms with E-state index in [0.717, 1.165) is 5.56 Å². The van der Waals surface area contributed by atoms with Gasteiger partial charge in [-0.2, -0.15) is 0 Å². The number of hydrogen-bond acceptors (Lipinski definition) is 8. The van der Waals surface area contributed by atoms with E-state index in [9.17, 15) is 19.7 Å². The first kappa shape index (κ1) is 26.2. The van der Waals surface area contributed by atoms with Gasteiger partial charge in [0.15, 0.2) is 17.3 Å². The van der Waals surface area contributed by atoms with E-state index in [4.69, 9.17) is 25.8 Å². The maximum Gasteiger partial charge on any atom is 0.336 e. The fourth-order valence-corrected chi connectivity index (χ4v) is 5.23. The molecule has 1 heterocycles. The summed E-state index contributed by atoms with van der Waals surface area (Å²) in [5.74, 6) is -0.565. The molecule has 0 saturated heterocycles. The number of hydrogen-bond donors (Lipinski definition) is 1. The quantitative estimate of drug-likeness (QED) is 0.297. The first-order chi connectivity index (χ1) is 17.7. The van der Waals surface area contributed by atoms with Crippen LogP contribution in [0.25, 0.3) is 0 Å². The number of carbonyl (C=O) groups is 2. The molecule has 194 valence electrons. The molecule has 2 aromatic carbocycles. The number of rotatable bonds is 7. The second kappa shape index (κ2) is 10.6. The largest absolute Gasteiger partial charge is 0.493 e. The smallest absolute Gasteiger partial charge is 0.336 e. The second-order valence-corrected chi connectivity index (χ2v) is 9.23. The van der Waals surface area contributed by atoms with Crippen molar-refractivity contribution < 1.29 is 28.7 Å². The van der Waals surface area contributed by atoms with Crippen molar-refractivity contribution in [1.29, 1.82) is 0 Å². The fraction of sp³-hybridized carbons (Fsp3) is 0.333. The molecule has 2 aromatic rings. The molecule has 0 aromatic heterocycles. The summed E-state index contributed by atoms with van der Waals surface area (Å²) in [5, 5.41) is 14.8. The molecule has 4 rings (SSSR count). The third-order valence-electron chi connectivity index (χ3n) is 6.70. The molecule has 10 heteroatoms. The Bertz CT molecular complexity index is 1350. The first-order valence-corrected chi connectivity index (χ1v) is 12.1. The van der Waals surface area contributed by atoms with Crippen LogP contribution in [0.1, 0.15) is 49.7 Å². The number of halogens is 1. The summed E-state index contributed by atoms with van der Waals surface area (Å²) in [6.07, 6.45) is 0.688. The molecule has 0 unspecified atom stereocenters. The summed E-state index contributed by atoms with van der Waals surface area (Å²) in [7, 11) is 3.11. The number of dihydropyridines is 1. The van der Waals surface area contributed by atoms with E-state index in [1.54, 1.807) is 40.2 Å². The molecule has 1 N–H and O–H groups in total. The van der Waals surface area contributed by atoms with Gasteiger partial charge in [-0.3, -0.25) is 14.9 Å². The van der Waals surface area contributed by atoms with Gasteiger partial charge in [0, 0.05) is 35.4 Å². The molecule has 0 radical (unpaired) electrons. The van der Waals surface area contributed by atoms with Crippen LogP contribution < -0.4 is 14.8 Å². The highest BCUT2D eigenvalue weighted by molar-refractivity contribution is 6.32. The van der Waals surface area contributed by atoms with Crippen LogP contribution in [0.3, 0.4) is 0 Å². The third-order valence-corrected chi connectivity index (χ3v) is 7.02. The minimum absolute atomic E-state index is 0.0289. The van der Waals surface area contributed by atoms with Crippen LogP contribution in [-0.4, -0.2) is 37.5 Å². The lowest BCUT2D eigenvalue weighted by Gasteiger charge is -2.36. The van der Waals surface area contributed by atoms with E-state index in [1.165, 1.54) is 12.1 Å². The molecule has 2 aliphatic rings. The number of nitrogens with one attached hydrogen (secondary N) is 1. The van der Waals surface area contributed by atoms with E-state index in [-0.39, 0.29) is 41.0 Å². The van der Waals surface area contributed by atoms with Crippen molar-refractivity contribution in [3.63, 3.8) is 0 Å². The number of Topliss-reactive ketones (excluding diaryl/α,β-unsaturated/α-hetero) is 1. The maximum atomic E-state index is 13.7. The second-order valence-electron chi connectivity index (χ2n) is 8.82. The van der Waals surface area contributed by atoms with Crippen molar-refractivity contribution in [2.45, 2.75) is 38.5 Å². The average molecular weight is 527 g/mol. The van der Waals surface area contributed by atoms with Crippen LogP contribution in [0.15, 0.2) is 58.9 Å². The summed E-state index contributed by atoms with van der Waals surface area (Å²) in [4.78, 5) is 37.7. The predicted octanol–water partition coefficient (Wildman–Crippen LogP) is 5.19. The molecule has 0 saturated carbocycles. The molecule has 2 atom stereocenters. The summed E-state index contributed by atoms with van der Waals surface area (Å²) in [6.45, 7) is 3.57. The molecular weight excluding hydrogens is 500 g/mol. The number of esters is 1. The van der Waals surface area contributed by atoms with Crippen molar-refractivity contribution in [3.8, 4) is 11.5 Å². The van der Waals surface area contributed by atoms with Crippen LogP contribution in [0.2, 0.25) is 5.02 Å². The van der Waals surface area contributed by atoms with E-state index in [1.807, 2.05) is 12.1 Å². The van der Waals surface area contributed by atoms with Crippen molar-refractivity contribution in [1.82, 2.24) is 5.32 Å². The summed E-state index contributed by atoms with van der Waals surface area (Å²) in [6, 6.07) is 9.91. The van der Waals surface area contributed by atoms with Gasteiger partial charge in [-0.25, -0.2) is 4.79 Å². The molecule has 37 heavy (non-hydrogen) atoms. The lowest BCUT2D eigenvalue weighted by atomic mass is 9.71. The van der Waals surface area contributed by atoms with E-state index in [2.05, 4.69) is 5.32 Å². The Morgan fingerprint density at radius 1 is 1.11 bits per heavy atom. The van der Waals surface area contributed by atoms with Gasteiger partial charge in [0.05, 0.1) is 31.3 Å². The number of nitro groups is 1. The van der Waals surface area contributed by atoms with Gasteiger partial charge in [0.25, 0.3) is 5.69 Å². The molecule has 0 fully saturated rings. The number of ketones is 1. The third kappa shape index (κ3) is 4.91. The number of allylic oxidation sites excluding steroid dienone is 3. The first-order valence-electron chi connectivity index (χ1n) is 11.8. The zero-order valence-electron chi connectivity index (χ0n) is 20.9. The van der Waals surface area contributed by atoms with Gasteiger partial charge >= 0.3 is 5.97 Å². The lowest BCUT2D eigenvalue weighted by molar-refractivity contribution is -0.384. The summed E-state index contributed by atoms with van der Waals surface area (Å²) in [5.41, 5.74) is 2.88. The van der Waals surface area contributed by atoms with E-state index >= 15 is 0 Å². The summed E-state index contributed by atoms with van der Waals surface area (Å²) >= 11 is 6.05. The summed E-state index contributed by atoms with van der Waals surface area (Å²) < 4.78 is 16.1. The number of carbonyl (C=O) groups excluding carboxylic acids is 2. The predicted molar refractivity (Wildman–Crippen MR) is 137 cm³/mol. The van der Waals surface area contributed by atoms with Crippen LogP contribution in [-0.2, 0) is 14.3 Å². The van der Waals surface area contributed by atoms with Crippen molar-refractivity contribution in [3.05, 3.63) is 85.2 Å². The average Bonchev–Trinajstić information content (AvgIpc) is 2.87. The Morgan fingerprint density at radius 2 is 1.81 bits per heavy atom. The van der Waals surface area contributed by atoms with Gasteiger partial charge in [-0.05, 0) is 55.5 Å². The van der Waals surface area contributed by atoms with E-state index < -0.39 is 16.8 Å². The standard InChI is InChI=1S/C27H27ClN2O7/c1-5-37-27(32)24-14(2)29-19-10-17(15-7-9-22(35-3)23(13-15)36-4)12-21(31)26(19)25(24)16-6-8-18(28)20(11-16)30(33)34/h6-9,11,13,17,25,29H,5,10,12H2,1-4H3/t17-,25-/m0/s1. The molecule has 0 bridgehead atoms. The SMILES string of the molecule is CCOC(=O)C1=C(C)NC2=C(C(=O)C[C@@H](c3ccc(OC)c(OC)c3)C2)[C@H]1c1ccc(Cl)c([N+](=O)[O-])c1.